The van der Waals surface area contributed by atoms with Gasteiger partial charge in [0.15, 0.2) is 6.29 Å². The van der Waals surface area contributed by atoms with E-state index in [0.29, 0.717) is 31.5 Å². The van der Waals surface area contributed by atoms with Crippen molar-refractivity contribution in [2.45, 2.75) is 65.6 Å². The number of rotatable bonds is 7. The number of benzene rings is 1. The highest BCUT2D eigenvalue weighted by Gasteiger charge is 2.43. The van der Waals surface area contributed by atoms with Crippen LogP contribution in [0.15, 0.2) is 24.3 Å². The summed E-state index contributed by atoms with van der Waals surface area (Å²) in [7, 11) is 0. The molecular weight excluding hydrogens is 356 g/mol. The Bertz CT molecular complexity index is 610. The van der Waals surface area contributed by atoms with Crippen molar-refractivity contribution in [3.8, 4) is 11.5 Å². The Morgan fingerprint density at radius 3 is 2.21 bits per heavy atom. The van der Waals surface area contributed by atoms with Crippen molar-refractivity contribution in [1.82, 2.24) is 0 Å². The Morgan fingerprint density at radius 2 is 1.64 bits per heavy atom. The first-order valence-corrected chi connectivity index (χ1v) is 10.7. The fourth-order valence-corrected chi connectivity index (χ4v) is 4.17. The average Bonchev–Trinajstić information content (AvgIpc) is 2.71. The monoisotopic (exact) mass is 390 g/mol. The largest absolute Gasteiger partial charge is 0.494 e. The zero-order chi connectivity index (χ0) is 20.0. The van der Waals surface area contributed by atoms with E-state index in [1.54, 1.807) is 24.3 Å². The third kappa shape index (κ3) is 5.26. The Labute approximate surface area is 168 Å². The summed E-state index contributed by atoms with van der Waals surface area (Å²) >= 11 is 0. The van der Waals surface area contributed by atoms with Crippen LogP contribution in [0.25, 0.3) is 0 Å². The molecular formula is C23H34O5. The molecule has 1 saturated carbocycles. The van der Waals surface area contributed by atoms with E-state index in [-0.39, 0.29) is 12.3 Å². The van der Waals surface area contributed by atoms with E-state index < -0.39 is 5.41 Å². The molecule has 5 nitrogen and oxygen atoms in total. The number of ether oxygens (including phenoxy) is 4. The second-order valence-electron chi connectivity index (χ2n) is 8.41. The van der Waals surface area contributed by atoms with Crippen molar-refractivity contribution in [2.24, 2.45) is 17.3 Å². The number of carbonyl (C=O) groups is 1. The van der Waals surface area contributed by atoms with E-state index in [1.165, 1.54) is 25.7 Å². The highest BCUT2D eigenvalue weighted by Crippen LogP contribution is 2.37. The maximum absolute atomic E-state index is 12.7. The minimum Gasteiger partial charge on any atom is -0.494 e. The normalized spacial score (nSPS) is 30.6. The molecule has 5 heteroatoms. The van der Waals surface area contributed by atoms with E-state index in [2.05, 4.69) is 6.92 Å². The smallest absolute Gasteiger partial charge is 0.321 e. The first-order valence-electron chi connectivity index (χ1n) is 10.7. The molecule has 1 saturated heterocycles. The first-order chi connectivity index (χ1) is 13.5. The third-order valence-electron chi connectivity index (χ3n) is 5.94. The maximum Gasteiger partial charge on any atom is 0.321 e. The molecule has 1 heterocycles. The van der Waals surface area contributed by atoms with Gasteiger partial charge >= 0.3 is 5.97 Å². The summed E-state index contributed by atoms with van der Waals surface area (Å²) in [6.07, 6.45) is 7.24. The van der Waals surface area contributed by atoms with Gasteiger partial charge in [0.2, 0.25) is 0 Å². The minimum absolute atomic E-state index is 0.186. The minimum atomic E-state index is -0.783. The highest BCUT2D eigenvalue weighted by molar-refractivity contribution is 5.79. The van der Waals surface area contributed by atoms with Gasteiger partial charge in [0.25, 0.3) is 0 Å². The number of esters is 1. The van der Waals surface area contributed by atoms with Crippen LogP contribution in [0, 0.1) is 17.3 Å². The van der Waals surface area contributed by atoms with Crippen molar-refractivity contribution in [2.75, 3.05) is 19.8 Å². The van der Waals surface area contributed by atoms with Crippen molar-refractivity contribution >= 4 is 5.97 Å². The molecule has 0 radical (unpaired) electrons. The van der Waals surface area contributed by atoms with Crippen LogP contribution in [-0.4, -0.2) is 32.1 Å². The number of hydrogen-bond donors (Lipinski definition) is 0. The molecule has 1 aliphatic heterocycles. The molecule has 0 atom stereocenters. The van der Waals surface area contributed by atoms with Crippen LogP contribution in [0.2, 0.25) is 0 Å². The number of hydrogen-bond acceptors (Lipinski definition) is 5. The molecule has 156 valence electrons. The molecule has 0 unspecified atom stereocenters. The predicted octanol–water partition coefficient (Wildman–Crippen LogP) is 4.98. The van der Waals surface area contributed by atoms with Gasteiger partial charge in [-0.05, 0) is 69.7 Å². The second-order valence-corrected chi connectivity index (χ2v) is 8.41. The van der Waals surface area contributed by atoms with Crippen molar-refractivity contribution in [3.63, 3.8) is 0 Å². The molecule has 0 N–H and O–H groups in total. The summed E-state index contributed by atoms with van der Waals surface area (Å²) in [5.41, 5.74) is -0.783. The summed E-state index contributed by atoms with van der Waals surface area (Å²) in [5.74, 6) is 2.25. The average molecular weight is 391 g/mol. The number of carbonyl (C=O) groups excluding carboxylic acids is 1. The summed E-state index contributed by atoms with van der Waals surface area (Å²) < 4.78 is 23.0. The molecule has 1 aromatic rings. The van der Waals surface area contributed by atoms with Gasteiger partial charge in [0.05, 0.1) is 19.8 Å². The molecule has 2 fully saturated rings. The van der Waals surface area contributed by atoms with Gasteiger partial charge in [-0.1, -0.05) is 19.8 Å². The SMILES string of the molecule is CCCC1CCC(C2OCC(C)(C(=O)Oc3ccc(OCC)cc3)CO2)CC1. The van der Waals surface area contributed by atoms with Crippen LogP contribution in [0.1, 0.15) is 59.3 Å². The van der Waals surface area contributed by atoms with E-state index in [4.69, 9.17) is 18.9 Å². The van der Waals surface area contributed by atoms with Crippen LogP contribution in [0.3, 0.4) is 0 Å². The van der Waals surface area contributed by atoms with Gasteiger partial charge in [-0.3, -0.25) is 4.79 Å². The maximum atomic E-state index is 12.7. The zero-order valence-corrected chi connectivity index (χ0v) is 17.4. The van der Waals surface area contributed by atoms with E-state index in [1.807, 2.05) is 13.8 Å². The summed E-state index contributed by atoms with van der Waals surface area (Å²) in [6.45, 7) is 7.31. The van der Waals surface area contributed by atoms with Gasteiger partial charge in [-0.15, -0.1) is 0 Å². The van der Waals surface area contributed by atoms with Crippen molar-refractivity contribution in [1.29, 1.82) is 0 Å². The van der Waals surface area contributed by atoms with Gasteiger partial charge in [-0.2, -0.15) is 0 Å². The van der Waals surface area contributed by atoms with Gasteiger partial charge in [-0.25, -0.2) is 0 Å². The van der Waals surface area contributed by atoms with Crippen LogP contribution >= 0.6 is 0 Å². The van der Waals surface area contributed by atoms with Gasteiger partial charge < -0.3 is 18.9 Å². The van der Waals surface area contributed by atoms with Crippen LogP contribution in [0.5, 0.6) is 11.5 Å². The molecule has 0 amide bonds. The fraction of sp³-hybridized carbons (Fsp3) is 0.696. The molecule has 0 bridgehead atoms. The molecule has 0 spiro atoms. The Hall–Kier alpha value is -1.59. The van der Waals surface area contributed by atoms with E-state index >= 15 is 0 Å². The topological polar surface area (TPSA) is 54.0 Å². The lowest BCUT2D eigenvalue weighted by atomic mass is 9.79. The Balaban J connectivity index is 1.48. The lowest BCUT2D eigenvalue weighted by Crippen LogP contribution is -2.49. The first kappa shape index (κ1) is 21.1. The zero-order valence-electron chi connectivity index (χ0n) is 17.4. The predicted molar refractivity (Wildman–Crippen MR) is 107 cm³/mol. The van der Waals surface area contributed by atoms with Crippen molar-refractivity contribution < 1.29 is 23.7 Å². The summed E-state index contributed by atoms with van der Waals surface area (Å²) in [5, 5.41) is 0. The van der Waals surface area contributed by atoms with Crippen LogP contribution in [0.4, 0.5) is 0 Å². The lowest BCUT2D eigenvalue weighted by Gasteiger charge is -2.40. The van der Waals surface area contributed by atoms with E-state index in [9.17, 15) is 4.79 Å². The summed E-state index contributed by atoms with van der Waals surface area (Å²) in [4.78, 5) is 12.7. The third-order valence-corrected chi connectivity index (χ3v) is 5.94. The summed E-state index contributed by atoms with van der Waals surface area (Å²) in [6, 6.07) is 7.09. The molecule has 1 aliphatic carbocycles. The van der Waals surface area contributed by atoms with Crippen LogP contribution < -0.4 is 9.47 Å². The molecule has 3 rings (SSSR count). The second kappa shape index (κ2) is 9.75. The van der Waals surface area contributed by atoms with Gasteiger partial charge in [0, 0.05) is 5.92 Å². The molecule has 28 heavy (non-hydrogen) atoms. The van der Waals surface area contributed by atoms with E-state index in [0.717, 1.165) is 24.5 Å². The van der Waals surface area contributed by atoms with Crippen LogP contribution in [-0.2, 0) is 14.3 Å². The standard InChI is InChI=1S/C23H34O5/c1-4-6-17-7-9-18(10-8-17)21-26-15-23(3,16-27-21)22(24)28-20-13-11-19(12-14-20)25-5-2/h11-14,17-18,21H,4-10,15-16H2,1-3H3. The highest BCUT2D eigenvalue weighted by atomic mass is 16.7. The quantitative estimate of drug-likeness (QED) is 0.486. The van der Waals surface area contributed by atoms with Crippen molar-refractivity contribution in [3.05, 3.63) is 24.3 Å². The van der Waals surface area contributed by atoms with Gasteiger partial charge in [0.1, 0.15) is 16.9 Å². The lowest BCUT2D eigenvalue weighted by molar-refractivity contribution is -0.250. The Morgan fingerprint density at radius 1 is 1.04 bits per heavy atom. The molecule has 2 aliphatic rings. The molecule has 0 aromatic heterocycles. The molecule has 1 aromatic carbocycles. The fourth-order valence-electron chi connectivity index (χ4n) is 4.17. The Kier molecular flexibility index (Phi) is 7.36.